The van der Waals surface area contributed by atoms with E-state index in [1.54, 1.807) is 0 Å². The fraction of sp³-hybridized carbons (Fsp3) is 0.625. The van der Waals surface area contributed by atoms with Crippen molar-refractivity contribution in [2.45, 2.75) is 38.8 Å². The molecule has 1 aliphatic heterocycles. The SMILES string of the molecule is CCOC1CCN(Cc2ccc(CCN)cc2)CC1. The van der Waals surface area contributed by atoms with E-state index >= 15 is 0 Å². The average Bonchev–Trinajstić information content (AvgIpc) is 2.44. The van der Waals surface area contributed by atoms with Crippen molar-refractivity contribution in [2.24, 2.45) is 5.73 Å². The average molecular weight is 262 g/mol. The predicted octanol–water partition coefficient (Wildman–Crippen LogP) is 2.19. The molecule has 0 amide bonds. The van der Waals surface area contributed by atoms with E-state index in [1.165, 1.54) is 24.0 Å². The van der Waals surface area contributed by atoms with E-state index in [4.69, 9.17) is 10.5 Å². The van der Waals surface area contributed by atoms with E-state index in [0.717, 1.165) is 39.2 Å². The highest BCUT2D eigenvalue weighted by atomic mass is 16.5. The van der Waals surface area contributed by atoms with Crippen molar-refractivity contribution in [3.8, 4) is 0 Å². The lowest BCUT2D eigenvalue weighted by Gasteiger charge is -2.31. The van der Waals surface area contributed by atoms with Gasteiger partial charge in [-0.05, 0) is 43.9 Å². The van der Waals surface area contributed by atoms with Crippen molar-refractivity contribution in [3.63, 3.8) is 0 Å². The molecule has 0 unspecified atom stereocenters. The second-order valence-electron chi connectivity index (χ2n) is 5.29. The first-order valence-corrected chi connectivity index (χ1v) is 7.43. The lowest BCUT2D eigenvalue weighted by molar-refractivity contribution is 0.0125. The van der Waals surface area contributed by atoms with Gasteiger partial charge in [0.05, 0.1) is 6.10 Å². The summed E-state index contributed by atoms with van der Waals surface area (Å²) in [5, 5.41) is 0. The number of nitrogens with two attached hydrogens (primary N) is 1. The van der Waals surface area contributed by atoms with E-state index < -0.39 is 0 Å². The summed E-state index contributed by atoms with van der Waals surface area (Å²) in [6.45, 7) is 7.00. The van der Waals surface area contributed by atoms with Crippen LogP contribution in [0.25, 0.3) is 0 Å². The Hall–Kier alpha value is -0.900. The number of likely N-dealkylation sites (tertiary alicyclic amines) is 1. The Morgan fingerprint density at radius 2 is 1.79 bits per heavy atom. The fourth-order valence-electron chi connectivity index (χ4n) is 2.71. The molecule has 3 nitrogen and oxygen atoms in total. The molecule has 1 aromatic carbocycles. The number of hydrogen-bond donors (Lipinski definition) is 1. The standard InChI is InChI=1S/C16H26N2O/c1-2-19-16-8-11-18(12-9-16)13-15-5-3-14(4-6-15)7-10-17/h3-6,16H,2,7-13,17H2,1H3. The summed E-state index contributed by atoms with van der Waals surface area (Å²) in [6.07, 6.45) is 3.78. The molecule has 1 fully saturated rings. The van der Waals surface area contributed by atoms with E-state index in [2.05, 4.69) is 36.1 Å². The van der Waals surface area contributed by atoms with Gasteiger partial charge in [0.25, 0.3) is 0 Å². The van der Waals surface area contributed by atoms with E-state index in [1.807, 2.05) is 0 Å². The van der Waals surface area contributed by atoms with Crippen LogP contribution in [-0.4, -0.2) is 37.2 Å². The lowest BCUT2D eigenvalue weighted by Crippen LogP contribution is -2.36. The molecule has 0 aliphatic carbocycles. The largest absolute Gasteiger partial charge is 0.378 e. The Balaban J connectivity index is 1.78. The van der Waals surface area contributed by atoms with Crippen LogP contribution in [0.2, 0.25) is 0 Å². The van der Waals surface area contributed by atoms with E-state index in [-0.39, 0.29) is 0 Å². The number of hydrogen-bond acceptors (Lipinski definition) is 3. The Bertz CT molecular complexity index is 356. The summed E-state index contributed by atoms with van der Waals surface area (Å²) in [6, 6.07) is 8.88. The first kappa shape index (κ1) is 14.5. The van der Waals surface area contributed by atoms with Crippen molar-refractivity contribution in [1.29, 1.82) is 0 Å². The van der Waals surface area contributed by atoms with Gasteiger partial charge in [-0.15, -0.1) is 0 Å². The van der Waals surface area contributed by atoms with Crippen molar-refractivity contribution >= 4 is 0 Å². The molecule has 0 saturated carbocycles. The van der Waals surface area contributed by atoms with Gasteiger partial charge in [0.1, 0.15) is 0 Å². The minimum Gasteiger partial charge on any atom is -0.378 e. The van der Waals surface area contributed by atoms with Crippen molar-refractivity contribution in [3.05, 3.63) is 35.4 Å². The number of rotatable bonds is 6. The van der Waals surface area contributed by atoms with Gasteiger partial charge in [0, 0.05) is 26.2 Å². The molecule has 1 aromatic rings. The Morgan fingerprint density at radius 1 is 1.16 bits per heavy atom. The van der Waals surface area contributed by atoms with Crippen molar-refractivity contribution in [2.75, 3.05) is 26.2 Å². The quantitative estimate of drug-likeness (QED) is 0.854. The highest BCUT2D eigenvalue weighted by Crippen LogP contribution is 2.16. The summed E-state index contributed by atoms with van der Waals surface area (Å²) >= 11 is 0. The lowest BCUT2D eigenvalue weighted by atomic mass is 10.1. The summed E-state index contributed by atoms with van der Waals surface area (Å²) in [5.41, 5.74) is 8.30. The molecule has 1 aliphatic rings. The zero-order valence-corrected chi connectivity index (χ0v) is 12.0. The Labute approximate surface area is 116 Å². The normalized spacial score (nSPS) is 17.8. The highest BCUT2D eigenvalue weighted by molar-refractivity contribution is 5.22. The summed E-state index contributed by atoms with van der Waals surface area (Å²) in [5.74, 6) is 0. The molecule has 2 rings (SSSR count). The molecule has 106 valence electrons. The molecule has 0 aromatic heterocycles. The van der Waals surface area contributed by atoms with E-state index in [0.29, 0.717) is 6.10 Å². The number of nitrogens with zero attached hydrogens (tertiary/aromatic N) is 1. The minimum atomic E-state index is 0.480. The summed E-state index contributed by atoms with van der Waals surface area (Å²) in [7, 11) is 0. The molecule has 1 heterocycles. The van der Waals surface area contributed by atoms with Crippen LogP contribution in [0.15, 0.2) is 24.3 Å². The van der Waals surface area contributed by atoms with Crippen LogP contribution in [0.3, 0.4) is 0 Å². The molecule has 0 spiro atoms. The van der Waals surface area contributed by atoms with Crippen LogP contribution in [0.1, 0.15) is 30.9 Å². The van der Waals surface area contributed by atoms with Crippen LogP contribution in [-0.2, 0) is 17.7 Å². The predicted molar refractivity (Wildman–Crippen MR) is 79.1 cm³/mol. The smallest absolute Gasteiger partial charge is 0.0599 e. The molecule has 0 bridgehead atoms. The van der Waals surface area contributed by atoms with Gasteiger partial charge in [-0.25, -0.2) is 0 Å². The highest BCUT2D eigenvalue weighted by Gasteiger charge is 2.18. The molecule has 19 heavy (non-hydrogen) atoms. The Kier molecular flexibility index (Phi) is 5.83. The van der Waals surface area contributed by atoms with Crippen LogP contribution in [0.4, 0.5) is 0 Å². The third kappa shape index (κ3) is 4.60. The van der Waals surface area contributed by atoms with Gasteiger partial charge in [-0.3, -0.25) is 4.90 Å². The van der Waals surface area contributed by atoms with Crippen LogP contribution in [0.5, 0.6) is 0 Å². The molecule has 1 saturated heterocycles. The number of ether oxygens (including phenoxy) is 1. The van der Waals surface area contributed by atoms with Crippen molar-refractivity contribution < 1.29 is 4.74 Å². The van der Waals surface area contributed by atoms with Gasteiger partial charge >= 0.3 is 0 Å². The second-order valence-corrected chi connectivity index (χ2v) is 5.29. The first-order chi connectivity index (χ1) is 9.31. The molecule has 0 radical (unpaired) electrons. The molecular weight excluding hydrogens is 236 g/mol. The number of benzene rings is 1. The maximum absolute atomic E-state index is 5.69. The third-order valence-electron chi connectivity index (χ3n) is 3.80. The summed E-state index contributed by atoms with van der Waals surface area (Å²) in [4.78, 5) is 2.52. The topological polar surface area (TPSA) is 38.5 Å². The Morgan fingerprint density at radius 3 is 2.37 bits per heavy atom. The van der Waals surface area contributed by atoms with Crippen LogP contribution < -0.4 is 5.73 Å². The zero-order chi connectivity index (χ0) is 13.5. The molecule has 3 heteroatoms. The maximum Gasteiger partial charge on any atom is 0.0599 e. The fourth-order valence-corrected chi connectivity index (χ4v) is 2.71. The second kappa shape index (κ2) is 7.63. The van der Waals surface area contributed by atoms with Gasteiger partial charge in [0.2, 0.25) is 0 Å². The third-order valence-corrected chi connectivity index (χ3v) is 3.80. The van der Waals surface area contributed by atoms with E-state index in [9.17, 15) is 0 Å². The summed E-state index contributed by atoms with van der Waals surface area (Å²) < 4.78 is 5.69. The monoisotopic (exact) mass is 262 g/mol. The molecule has 0 atom stereocenters. The molecular formula is C16H26N2O. The minimum absolute atomic E-state index is 0.480. The van der Waals surface area contributed by atoms with Gasteiger partial charge in [-0.2, -0.15) is 0 Å². The van der Waals surface area contributed by atoms with Gasteiger partial charge < -0.3 is 10.5 Å². The maximum atomic E-state index is 5.69. The van der Waals surface area contributed by atoms with Gasteiger partial charge in [0.15, 0.2) is 0 Å². The van der Waals surface area contributed by atoms with Crippen molar-refractivity contribution in [1.82, 2.24) is 4.90 Å². The van der Waals surface area contributed by atoms with Crippen LogP contribution >= 0.6 is 0 Å². The number of piperidine rings is 1. The zero-order valence-electron chi connectivity index (χ0n) is 12.0. The van der Waals surface area contributed by atoms with Gasteiger partial charge in [-0.1, -0.05) is 24.3 Å². The first-order valence-electron chi connectivity index (χ1n) is 7.43. The van der Waals surface area contributed by atoms with Crippen LogP contribution in [0, 0.1) is 0 Å². The molecule has 2 N–H and O–H groups in total.